The van der Waals surface area contributed by atoms with Crippen molar-refractivity contribution in [1.29, 1.82) is 0 Å². The summed E-state index contributed by atoms with van der Waals surface area (Å²) in [6, 6.07) is 8.06. The number of carbonyl (C=O) groups is 1. The van der Waals surface area contributed by atoms with Gasteiger partial charge in [-0.1, -0.05) is 30.7 Å². The molecule has 2 unspecified atom stereocenters. The van der Waals surface area contributed by atoms with Crippen LogP contribution in [0.5, 0.6) is 0 Å². The van der Waals surface area contributed by atoms with Crippen molar-refractivity contribution in [2.75, 3.05) is 0 Å². The van der Waals surface area contributed by atoms with Crippen molar-refractivity contribution in [3.05, 3.63) is 34.9 Å². The van der Waals surface area contributed by atoms with Gasteiger partial charge in [0.2, 0.25) is 5.91 Å². The van der Waals surface area contributed by atoms with E-state index in [1.54, 1.807) is 0 Å². The molecule has 102 valence electrons. The van der Waals surface area contributed by atoms with E-state index >= 15 is 0 Å². The molecule has 1 N–H and O–H groups in total. The van der Waals surface area contributed by atoms with E-state index in [-0.39, 0.29) is 18.1 Å². The van der Waals surface area contributed by atoms with E-state index in [4.69, 9.17) is 11.6 Å². The molecule has 2 fully saturated rings. The molecule has 3 nitrogen and oxygen atoms in total. The van der Waals surface area contributed by atoms with E-state index in [1.165, 1.54) is 0 Å². The van der Waals surface area contributed by atoms with Crippen molar-refractivity contribution in [2.24, 2.45) is 5.92 Å². The average molecular weight is 279 g/mol. The molecule has 1 heterocycles. The van der Waals surface area contributed by atoms with Crippen LogP contribution in [0.1, 0.15) is 38.4 Å². The highest BCUT2D eigenvalue weighted by Crippen LogP contribution is 2.38. The first-order valence-corrected chi connectivity index (χ1v) is 7.27. The lowest BCUT2D eigenvalue weighted by Crippen LogP contribution is -2.46. The van der Waals surface area contributed by atoms with Gasteiger partial charge in [0.05, 0.1) is 6.04 Å². The Morgan fingerprint density at radius 1 is 1.21 bits per heavy atom. The maximum atomic E-state index is 12.3. The van der Waals surface area contributed by atoms with Gasteiger partial charge in [-0.3, -0.25) is 10.1 Å². The van der Waals surface area contributed by atoms with Crippen molar-refractivity contribution in [3.63, 3.8) is 0 Å². The van der Waals surface area contributed by atoms with Crippen molar-refractivity contribution >= 4 is 17.5 Å². The standard InChI is InChI=1S/C15H19ClN2O/c1-9-7-13(8-9)18-14(17-10(2)15(18)19)11-3-5-12(16)6-4-11/h3-6,9-10,13-14,17H,7-8H2,1-2H3. The fraction of sp³-hybridized carbons (Fsp3) is 0.533. The molecule has 0 aromatic heterocycles. The van der Waals surface area contributed by atoms with Crippen LogP contribution in [0.4, 0.5) is 0 Å². The van der Waals surface area contributed by atoms with Gasteiger partial charge in [0, 0.05) is 11.1 Å². The van der Waals surface area contributed by atoms with Crippen LogP contribution < -0.4 is 5.32 Å². The summed E-state index contributed by atoms with van der Waals surface area (Å²) in [5.74, 6) is 0.955. The molecule has 1 aliphatic heterocycles. The maximum absolute atomic E-state index is 12.3. The van der Waals surface area contributed by atoms with E-state index < -0.39 is 0 Å². The molecule has 4 heteroatoms. The summed E-state index contributed by atoms with van der Waals surface area (Å²) >= 11 is 5.93. The second-order valence-corrected chi connectivity index (χ2v) is 6.25. The van der Waals surface area contributed by atoms with Gasteiger partial charge in [0.25, 0.3) is 0 Å². The van der Waals surface area contributed by atoms with Gasteiger partial charge < -0.3 is 4.90 Å². The summed E-state index contributed by atoms with van der Waals surface area (Å²) in [4.78, 5) is 14.4. The minimum Gasteiger partial charge on any atom is -0.319 e. The van der Waals surface area contributed by atoms with Gasteiger partial charge in [-0.15, -0.1) is 0 Å². The van der Waals surface area contributed by atoms with Gasteiger partial charge in [-0.25, -0.2) is 0 Å². The third-order valence-corrected chi connectivity index (χ3v) is 4.49. The largest absolute Gasteiger partial charge is 0.319 e. The highest BCUT2D eigenvalue weighted by Gasteiger charge is 2.44. The second-order valence-electron chi connectivity index (χ2n) is 5.82. The number of amides is 1. The quantitative estimate of drug-likeness (QED) is 0.902. The molecule has 0 bridgehead atoms. The van der Waals surface area contributed by atoms with Crippen LogP contribution in [0.25, 0.3) is 0 Å². The first-order chi connectivity index (χ1) is 9.06. The Kier molecular flexibility index (Phi) is 3.27. The molecule has 0 radical (unpaired) electrons. The van der Waals surface area contributed by atoms with E-state index in [0.717, 1.165) is 29.3 Å². The summed E-state index contributed by atoms with van der Waals surface area (Å²) in [6.07, 6.45) is 2.23. The smallest absolute Gasteiger partial charge is 0.241 e. The number of benzene rings is 1. The minimum atomic E-state index is -0.100. The zero-order valence-corrected chi connectivity index (χ0v) is 12.0. The van der Waals surface area contributed by atoms with Crippen molar-refractivity contribution in [1.82, 2.24) is 10.2 Å². The first kappa shape index (κ1) is 12.9. The van der Waals surface area contributed by atoms with Gasteiger partial charge in [0.15, 0.2) is 0 Å². The summed E-state index contributed by atoms with van der Waals surface area (Å²) in [7, 11) is 0. The first-order valence-electron chi connectivity index (χ1n) is 6.90. The Labute approximate surface area is 118 Å². The van der Waals surface area contributed by atoms with Gasteiger partial charge in [0.1, 0.15) is 6.17 Å². The van der Waals surface area contributed by atoms with E-state index in [0.29, 0.717) is 6.04 Å². The van der Waals surface area contributed by atoms with Crippen LogP contribution in [0.2, 0.25) is 5.02 Å². The number of hydrogen-bond acceptors (Lipinski definition) is 2. The lowest BCUT2D eigenvalue weighted by atomic mass is 9.80. The molecular formula is C15H19ClN2O. The molecule has 1 saturated heterocycles. The third-order valence-electron chi connectivity index (χ3n) is 4.24. The molecule has 1 aliphatic carbocycles. The average Bonchev–Trinajstić information content (AvgIpc) is 2.63. The molecule has 0 spiro atoms. The van der Waals surface area contributed by atoms with Gasteiger partial charge >= 0.3 is 0 Å². The predicted molar refractivity (Wildman–Crippen MR) is 75.8 cm³/mol. The van der Waals surface area contributed by atoms with Crippen LogP contribution in [0, 0.1) is 5.92 Å². The molecule has 1 amide bonds. The Morgan fingerprint density at radius 3 is 2.42 bits per heavy atom. The SMILES string of the molecule is CC1CC(N2C(=O)C(C)NC2c2ccc(Cl)cc2)C1. The van der Waals surface area contributed by atoms with Crippen molar-refractivity contribution in [3.8, 4) is 0 Å². The van der Waals surface area contributed by atoms with E-state index in [2.05, 4.69) is 12.2 Å². The number of hydrogen-bond donors (Lipinski definition) is 1. The summed E-state index contributed by atoms with van der Waals surface area (Å²) in [6.45, 7) is 4.18. The number of nitrogens with zero attached hydrogens (tertiary/aromatic N) is 1. The Bertz CT molecular complexity index is 481. The fourth-order valence-corrected chi connectivity index (χ4v) is 3.24. The topological polar surface area (TPSA) is 32.3 Å². The zero-order valence-electron chi connectivity index (χ0n) is 11.3. The normalized spacial score (nSPS) is 34.5. The summed E-state index contributed by atoms with van der Waals surface area (Å²) < 4.78 is 0. The highest BCUT2D eigenvalue weighted by molar-refractivity contribution is 6.30. The number of carbonyl (C=O) groups excluding carboxylic acids is 1. The molecule has 1 aromatic carbocycles. The fourth-order valence-electron chi connectivity index (χ4n) is 3.12. The molecule has 2 atom stereocenters. The lowest BCUT2D eigenvalue weighted by Gasteiger charge is -2.42. The Morgan fingerprint density at radius 2 is 1.84 bits per heavy atom. The highest BCUT2D eigenvalue weighted by atomic mass is 35.5. The molecule has 3 rings (SSSR count). The third kappa shape index (κ3) is 2.26. The number of rotatable bonds is 2. The maximum Gasteiger partial charge on any atom is 0.241 e. The Hall–Kier alpha value is -1.06. The molecular weight excluding hydrogens is 260 g/mol. The number of nitrogens with one attached hydrogen (secondary N) is 1. The molecule has 1 aromatic rings. The number of halogens is 1. The zero-order chi connectivity index (χ0) is 13.6. The van der Waals surface area contributed by atoms with Crippen molar-refractivity contribution in [2.45, 2.75) is 44.9 Å². The molecule has 19 heavy (non-hydrogen) atoms. The van der Waals surface area contributed by atoms with Crippen LogP contribution in [-0.4, -0.2) is 22.9 Å². The van der Waals surface area contributed by atoms with Crippen LogP contribution in [0.3, 0.4) is 0 Å². The van der Waals surface area contributed by atoms with E-state index in [1.807, 2.05) is 36.1 Å². The molecule has 2 aliphatic rings. The van der Waals surface area contributed by atoms with Crippen LogP contribution >= 0.6 is 11.6 Å². The summed E-state index contributed by atoms with van der Waals surface area (Å²) in [5.41, 5.74) is 1.11. The lowest BCUT2D eigenvalue weighted by molar-refractivity contribution is -0.134. The monoisotopic (exact) mass is 278 g/mol. The van der Waals surface area contributed by atoms with Crippen LogP contribution in [-0.2, 0) is 4.79 Å². The van der Waals surface area contributed by atoms with Crippen molar-refractivity contribution < 1.29 is 4.79 Å². The Balaban J connectivity index is 1.86. The molecule has 1 saturated carbocycles. The minimum absolute atomic E-state index is 0.00253. The predicted octanol–water partition coefficient (Wildman–Crippen LogP) is 2.96. The summed E-state index contributed by atoms with van der Waals surface area (Å²) in [5, 5.41) is 4.11. The van der Waals surface area contributed by atoms with E-state index in [9.17, 15) is 4.79 Å². The van der Waals surface area contributed by atoms with Gasteiger partial charge in [-0.05, 0) is 43.4 Å². The van der Waals surface area contributed by atoms with Crippen LogP contribution in [0.15, 0.2) is 24.3 Å². The van der Waals surface area contributed by atoms with Gasteiger partial charge in [-0.2, -0.15) is 0 Å². The second kappa shape index (κ2) is 4.80.